The van der Waals surface area contributed by atoms with Crippen molar-refractivity contribution < 1.29 is 97.8 Å². The van der Waals surface area contributed by atoms with Crippen molar-refractivity contribution in [3.63, 3.8) is 0 Å². The molecular formula is C54H51F9O12. The van der Waals surface area contributed by atoms with Crippen LogP contribution in [0.3, 0.4) is 0 Å². The molecule has 4 atom stereocenters. The van der Waals surface area contributed by atoms with Gasteiger partial charge in [0.25, 0.3) is 0 Å². The lowest BCUT2D eigenvalue weighted by Crippen LogP contribution is -2.42. The van der Waals surface area contributed by atoms with Crippen molar-refractivity contribution in [3.05, 3.63) is 190 Å². The summed E-state index contributed by atoms with van der Waals surface area (Å²) in [5, 5.41) is 29.0. The number of carboxylic acid groups (broad SMARTS) is 1. The second kappa shape index (κ2) is 25.1. The van der Waals surface area contributed by atoms with Gasteiger partial charge in [-0.1, -0.05) is 91.0 Å². The van der Waals surface area contributed by atoms with Crippen LogP contribution < -0.4 is 0 Å². The summed E-state index contributed by atoms with van der Waals surface area (Å²) in [5.74, 6) is -2.91. The minimum absolute atomic E-state index is 0.0172. The number of carboxylic acids is 1. The Morgan fingerprint density at radius 1 is 0.453 bits per heavy atom. The van der Waals surface area contributed by atoms with E-state index in [4.69, 9.17) is 9.84 Å². The van der Waals surface area contributed by atoms with Gasteiger partial charge in [0.15, 0.2) is 22.6 Å². The third-order valence-electron chi connectivity index (χ3n) is 11.5. The molecule has 6 rings (SSSR count). The summed E-state index contributed by atoms with van der Waals surface area (Å²) in [6.45, 7) is 5.35. The quantitative estimate of drug-likeness (QED) is 0.0484. The van der Waals surface area contributed by atoms with Crippen LogP contribution in [0.25, 0.3) is 10.8 Å². The lowest BCUT2D eigenvalue weighted by molar-refractivity contribution is -0.290. The predicted molar refractivity (Wildman–Crippen MR) is 255 cm³/mol. The number of alkyl halides is 9. The van der Waals surface area contributed by atoms with Gasteiger partial charge in [0.1, 0.15) is 0 Å². The molecule has 0 spiro atoms. The Kier molecular flexibility index (Phi) is 20.6. The molecule has 1 unspecified atom stereocenters. The van der Waals surface area contributed by atoms with Gasteiger partial charge in [-0.05, 0) is 116 Å². The van der Waals surface area contributed by atoms with Crippen molar-refractivity contribution in [2.24, 2.45) is 0 Å². The van der Waals surface area contributed by atoms with E-state index in [0.717, 1.165) is 54.1 Å². The molecule has 0 aliphatic rings. The maximum Gasteiger partial charge on any atom is 0.421 e. The van der Waals surface area contributed by atoms with Crippen molar-refractivity contribution in [3.8, 4) is 0 Å². The van der Waals surface area contributed by atoms with E-state index in [0.29, 0.717) is 30.5 Å². The topological polar surface area (TPSA) is 183 Å². The van der Waals surface area contributed by atoms with Crippen LogP contribution in [0.4, 0.5) is 39.5 Å². The number of fused-ring (bicyclic) bond motifs is 1. The van der Waals surface area contributed by atoms with Crippen LogP contribution in [-0.4, -0.2) is 84.8 Å². The third kappa shape index (κ3) is 15.5. The average Bonchev–Trinajstić information content (AvgIpc) is 3.37. The highest BCUT2D eigenvalue weighted by molar-refractivity contribution is 5.96. The van der Waals surface area contributed by atoms with E-state index in [2.05, 4.69) is 14.2 Å². The van der Waals surface area contributed by atoms with Crippen LogP contribution in [0.15, 0.2) is 140 Å². The molecule has 0 radical (unpaired) electrons. The monoisotopic (exact) mass is 1060 g/mol. The Hall–Kier alpha value is -7.62. The SMILES string of the molecule is COC(=O)c1ccc(C(C)(O)C(F)(F)F)cc1.COC(=O)c1ccc(C(C)=O)cc1.COC(=O)c1ccc([C@](C)(O[C@@H](C)c2cccc3ccccc23)C(F)(F)F)cc1.C[C@](O)(c1ccc(C(=O)O)cc1)C(F)(F)F. The van der Waals surface area contributed by atoms with Crippen LogP contribution in [-0.2, 0) is 35.8 Å². The number of hydrogen-bond donors (Lipinski definition) is 3. The van der Waals surface area contributed by atoms with Gasteiger partial charge in [-0.3, -0.25) is 4.79 Å². The number of methoxy groups -OCH3 is 3. The predicted octanol–water partition coefficient (Wildman–Crippen LogP) is 12.3. The molecule has 0 aliphatic carbocycles. The molecule has 0 aromatic heterocycles. The van der Waals surface area contributed by atoms with E-state index in [1.165, 1.54) is 64.7 Å². The zero-order chi connectivity index (χ0) is 56.9. The van der Waals surface area contributed by atoms with E-state index in [-0.39, 0.29) is 33.6 Å². The standard InChI is InChI=1S/C23H21F3O3.C11H11F3O3.C10H9F3O3.C10H10O3/c1-15(19-10-6-8-16-7-4-5-9-20(16)19)29-22(2,23(24,25)26)18-13-11-17(12-14-18)21(27)28-3;1-10(16,11(12,13)14)8-5-3-7(4-6-8)9(15)17-2;1-9(16,10(11,12)13)7-4-2-6(3-5-7)8(14)15;1-7(11)8-3-5-9(6-4-8)10(12)13-2/h4-15H,1-3H3;3-6,16H,1-2H3;2-5,16H,1H3,(H,14,15);3-6H,1-2H3/t15-,22-;;9-;/m0.0./s1. The minimum Gasteiger partial charge on any atom is -0.478 e. The maximum absolute atomic E-state index is 14.1. The molecule has 0 fully saturated rings. The molecule has 3 N–H and O–H groups in total. The lowest BCUT2D eigenvalue weighted by Gasteiger charge is -2.35. The maximum atomic E-state index is 14.1. The number of aliphatic hydroxyl groups is 2. The van der Waals surface area contributed by atoms with Crippen molar-refractivity contribution in [1.29, 1.82) is 0 Å². The molecule has 0 amide bonds. The van der Waals surface area contributed by atoms with E-state index in [1.807, 2.05) is 30.3 Å². The van der Waals surface area contributed by atoms with Gasteiger partial charge in [-0.15, -0.1) is 0 Å². The summed E-state index contributed by atoms with van der Waals surface area (Å²) in [4.78, 5) is 55.0. The van der Waals surface area contributed by atoms with E-state index in [1.54, 1.807) is 43.3 Å². The Morgan fingerprint density at radius 2 is 0.787 bits per heavy atom. The highest BCUT2D eigenvalue weighted by Gasteiger charge is 2.55. The number of ether oxygens (including phenoxy) is 4. The fourth-order valence-electron chi connectivity index (χ4n) is 6.63. The summed E-state index contributed by atoms with van der Waals surface area (Å²) in [6.07, 6.45) is -15.1. The van der Waals surface area contributed by atoms with Gasteiger partial charge in [-0.2, -0.15) is 39.5 Å². The summed E-state index contributed by atoms with van der Waals surface area (Å²) in [6, 6.07) is 32.7. The van der Waals surface area contributed by atoms with Gasteiger partial charge in [0.05, 0.1) is 49.7 Å². The summed E-state index contributed by atoms with van der Waals surface area (Å²) < 4.78 is 136. The number of aromatic carboxylic acids is 1. The van der Waals surface area contributed by atoms with Crippen molar-refractivity contribution >= 4 is 40.4 Å². The number of Topliss-reactive ketones (excluding diaryl/α,β-unsaturated/α-hetero) is 1. The number of carbonyl (C=O) groups is 5. The van der Waals surface area contributed by atoms with Gasteiger partial charge in [-0.25, -0.2) is 19.2 Å². The first-order valence-electron chi connectivity index (χ1n) is 21.9. The molecule has 0 aliphatic heterocycles. The fraction of sp³-hybridized carbons (Fsp3) is 0.278. The first-order chi connectivity index (χ1) is 34.7. The van der Waals surface area contributed by atoms with Gasteiger partial charge in [0.2, 0.25) is 0 Å². The van der Waals surface area contributed by atoms with Gasteiger partial charge in [0, 0.05) is 5.56 Å². The van der Waals surface area contributed by atoms with Crippen LogP contribution in [0.2, 0.25) is 0 Å². The zero-order valence-electron chi connectivity index (χ0n) is 41.3. The third-order valence-corrected chi connectivity index (χ3v) is 11.5. The Balaban J connectivity index is 0.000000279. The molecule has 21 heteroatoms. The van der Waals surface area contributed by atoms with Gasteiger partial charge >= 0.3 is 42.4 Å². The second-order valence-corrected chi connectivity index (χ2v) is 16.6. The molecule has 402 valence electrons. The Morgan fingerprint density at radius 3 is 1.13 bits per heavy atom. The number of esters is 3. The lowest BCUT2D eigenvalue weighted by atomic mass is 9.93. The molecule has 12 nitrogen and oxygen atoms in total. The average molecular weight is 1060 g/mol. The summed E-state index contributed by atoms with van der Waals surface area (Å²) in [5.41, 5.74) is -7.44. The fourth-order valence-corrected chi connectivity index (χ4v) is 6.63. The molecule has 0 bridgehead atoms. The molecule has 6 aromatic carbocycles. The molecule has 0 saturated carbocycles. The van der Waals surface area contributed by atoms with Crippen LogP contribution in [0.5, 0.6) is 0 Å². The number of hydrogen-bond acceptors (Lipinski definition) is 11. The van der Waals surface area contributed by atoms with Crippen molar-refractivity contribution in [2.75, 3.05) is 21.3 Å². The Labute approximate surface area is 424 Å². The van der Waals surface area contributed by atoms with Crippen molar-refractivity contribution in [2.45, 2.75) is 76.1 Å². The first-order valence-corrected chi connectivity index (χ1v) is 21.9. The number of rotatable bonds is 11. The zero-order valence-corrected chi connectivity index (χ0v) is 41.3. The number of benzene rings is 6. The largest absolute Gasteiger partial charge is 0.478 e. The van der Waals surface area contributed by atoms with Crippen LogP contribution in [0.1, 0.15) is 115 Å². The Bertz CT molecular complexity index is 2890. The van der Waals surface area contributed by atoms with E-state index < -0.39 is 70.9 Å². The molecule has 0 heterocycles. The summed E-state index contributed by atoms with van der Waals surface area (Å²) >= 11 is 0. The van der Waals surface area contributed by atoms with E-state index in [9.17, 15) is 73.7 Å². The number of ketones is 1. The van der Waals surface area contributed by atoms with Crippen LogP contribution >= 0.6 is 0 Å². The minimum atomic E-state index is -4.81. The van der Waals surface area contributed by atoms with Crippen molar-refractivity contribution in [1.82, 2.24) is 0 Å². The molecular weight excluding hydrogens is 1010 g/mol. The summed E-state index contributed by atoms with van der Waals surface area (Å²) in [7, 11) is 3.70. The normalized spacial score (nSPS) is 14.2. The molecule has 6 aromatic rings. The number of carbonyl (C=O) groups excluding carboxylic acids is 4. The van der Waals surface area contributed by atoms with Gasteiger partial charge < -0.3 is 34.3 Å². The highest BCUT2D eigenvalue weighted by Crippen LogP contribution is 2.46. The molecule has 75 heavy (non-hydrogen) atoms. The van der Waals surface area contributed by atoms with Crippen LogP contribution in [0, 0.1) is 0 Å². The highest BCUT2D eigenvalue weighted by atomic mass is 19.4. The smallest absolute Gasteiger partial charge is 0.421 e. The van der Waals surface area contributed by atoms with E-state index >= 15 is 0 Å². The second-order valence-electron chi connectivity index (χ2n) is 16.6. The molecule has 0 saturated heterocycles. The number of halogens is 9. The first kappa shape index (κ1) is 61.7.